The van der Waals surface area contributed by atoms with Gasteiger partial charge in [0.2, 0.25) is 0 Å². The van der Waals surface area contributed by atoms with E-state index in [1.54, 1.807) is 0 Å². The Morgan fingerprint density at radius 2 is 1.92 bits per heavy atom. The van der Waals surface area contributed by atoms with Gasteiger partial charge in [-0.05, 0) is 35.3 Å². The van der Waals surface area contributed by atoms with Gasteiger partial charge >= 0.3 is 7.12 Å². The minimum absolute atomic E-state index is 0.0489. The predicted octanol–water partition coefficient (Wildman–Crippen LogP) is 4.45. The first kappa shape index (κ1) is 17.8. The summed E-state index contributed by atoms with van der Waals surface area (Å²) in [6, 6.07) is 13.6. The monoisotopic (exact) mass is 408 g/mol. The van der Waals surface area contributed by atoms with Crippen molar-refractivity contribution >= 4 is 40.1 Å². The highest BCUT2D eigenvalue weighted by molar-refractivity contribution is 9.10. The van der Waals surface area contributed by atoms with Crippen molar-refractivity contribution in [3.63, 3.8) is 0 Å². The maximum atomic E-state index is 6.36. The first-order valence-corrected chi connectivity index (χ1v) is 9.00. The molecule has 1 aliphatic heterocycles. The normalized spacial score (nSPS) is 16.9. The Hall–Kier alpha value is -1.01. The second-order valence-corrected chi connectivity index (χ2v) is 8.05. The molecule has 1 saturated heterocycles. The molecule has 0 spiro atoms. The zero-order chi connectivity index (χ0) is 17.2. The minimum Gasteiger partial charge on any atom is -0.487 e. The van der Waals surface area contributed by atoms with E-state index in [1.165, 1.54) is 0 Å². The Labute approximate surface area is 156 Å². The summed E-state index contributed by atoms with van der Waals surface area (Å²) in [4.78, 5) is 0. The fraction of sp³-hybridized carbons (Fsp3) is 0.333. The van der Waals surface area contributed by atoms with Gasteiger partial charge in [-0.3, -0.25) is 0 Å². The quantitative estimate of drug-likeness (QED) is 0.699. The second-order valence-electron chi connectivity index (χ2n) is 6.73. The highest BCUT2D eigenvalue weighted by Crippen LogP contribution is 2.26. The van der Waals surface area contributed by atoms with Crippen LogP contribution in [0.2, 0.25) is 5.02 Å². The smallest absolute Gasteiger partial charge is 0.487 e. The van der Waals surface area contributed by atoms with Gasteiger partial charge in [0, 0.05) is 23.1 Å². The van der Waals surface area contributed by atoms with Gasteiger partial charge in [-0.15, -0.1) is 0 Å². The van der Waals surface area contributed by atoms with Gasteiger partial charge in [-0.2, -0.15) is 0 Å². The summed E-state index contributed by atoms with van der Waals surface area (Å²) < 4.78 is 18.4. The maximum absolute atomic E-state index is 6.36. The van der Waals surface area contributed by atoms with Gasteiger partial charge in [-0.1, -0.05) is 59.6 Å². The van der Waals surface area contributed by atoms with E-state index in [2.05, 4.69) is 29.8 Å². The van der Waals surface area contributed by atoms with Gasteiger partial charge in [0.05, 0.1) is 5.02 Å². The highest BCUT2D eigenvalue weighted by atomic mass is 79.9. The van der Waals surface area contributed by atoms with Crippen LogP contribution < -0.4 is 10.2 Å². The molecule has 0 atom stereocenters. The zero-order valence-electron chi connectivity index (χ0n) is 13.7. The molecule has 0 aromatic heterocycles. The molecular formula is C18H19BBrClO3. The van der Waals surface area contributed by atoms with Gasteiger partial charge < -0.3 is 14.0 Å². The van der Waals surface area contributed by atoms with Crippen LogP contribution in [0, 0.1) is 5.41 Å². The number of halogens is 2. The molecule has 0 radical (unpaired) electrons. The van der Waals surface area contributed by atoms with Crippen molar-refractivity contribution in [3.8, 4) is 5.75 Å². The van der Waals surface area contributed by atoms with Gasteiger partial charge in [0.15, 0.2) is 0 Å². The minimum atomic E-state index is -0.366. The van der Waals surface area contributed by atoms with Crippen LogP contribution in [0.15, 0.2) is 46.9 Å². The van der Waals surface area contributed by atoms with E-state index in [0.717, 1.165) is 15.5 Å². The Balaban J connectivity index is 1.64. The molecule has 0 saturated carbocycles. The molecule has 1 heterocycles. The molecule has 0 aliphatic carbocycles. The molecule has 126 valence electrons. The third kappa shape index (κ3) is 4.54. The fourth-order valence-corrected chi connectivity index (χ4v) is 3.14. The molecule has 1 aliphatic rings. The van der Waals surface area contributed by atoms with Gasteiger partial charge in [-0.25, -0.2) is 0 Å². The lowest BCUT2D eigenvalue weighted by Crippen LogP contribution is -2.47. The van der Waals surface area contributed by atoms with Crippen LogP contribution in [0.5, 0.6) is 5.75 Å². The molecule has 0 N–H and O–H groups in total. The highest BCUT2D eigenvalue weighted by Gasteiger charge is 2.33. The second kappa shape index (κ2) is 7.48. The predicted molar refractivity (Wildman–Crippen MR) is 101 cm³/mol. The van der Waals surface area contributed by atoms with Crippen molar-refractivity contribution in [1.29, 1.82) is 0 Å². The third-order valence-corrected chi connectivity index (χ3v) is 4.55. The molecule has 1 fully saturated rings. The van der Waals surface area contributed by atoms with E-state index < -0.39 is 0 Å². The third-order valence-electron chi connectivity index (χ3n) is 3.76. The van der Waals surface area contributed by atoms with E-state index in [-0.39, 0.29) is 12.5 Å². The Morgan fingerprint density at radius 1 is 1.17 bits per heavy atom. The van der Waals surface area contributed by atoms with E-state index in [0.29, 0.717) is 30.6 Å². The summed E-state index contributed by atoms with van der Waals surface area (Å²) in [5.74, 6) is 0.650. The van der Waals surface area contributed by atoms with Gasteiger partial charge in [0.1, 0.15) is 12.4 Å². The molecule has 2 aromatic carbocycles. The van der Waals surface area contributed by atoms with Crippen molar-refractivity contribution in [1.82, 2.24) is 0 Å². The van der Waals surface area contributed by atoms with Crippen molar-refractivity contribution in [3.05, 3.63) is 57.5 Å². The van der Waals surface area contributed by atoms with Crippen molar-refractivity contribution in [2.75, 3.05) is 13.2 Å². The molecule has 24 heavy (non-hydrogen) atoms. The molecule has 0 amide bonds. The molecule has 0 bridgehead atoms. The van der Waals surface area contributed by atoms with Crippen LogP contribution in [0.25, 0.3) is 0 Å². The fourth-order valence-electron chi connectivity index (χ4n) is 2.45. The lowest BCUT2D eigenvalue weighted by Gasteiger charge is -2.33. The van der Waals surface area contributed by atoms with Crippen LogP contribution in [0.1, 0.15) is 19.4 Å². The number of ether oxygens (including phenoxy) is 1. The van der Waals surface area contributed by atoms with Crippen LogP contribution in [-0.2, 0) is 15.9 Å². The molecule has 3 nitrogen and oxygen atoms in total. The first-order valence-electron chi connectivity index (χ1n) is 7.83. The van der Waals surface area contributed by atoms with Crippen LogP contribution >= 0.6 is 27.5 Å². The number of benzene rings is 2. The first-order chi connectivity index (χ1) is 11.4. The number of rotatable bonds is 4. The summed E-state index contributed by atoms with van der Waals surface area (Å²) in [5, 5.41) is 0.555. The summed E-state index contributed by atoms with van der Waals surface area (Å²) in [6.07, 6.45) is 0. The van der Waals surface area contributed by atoms with E-state index in [1.807, 2.05) is 42.5 Å². The summed E-state index contributed by atoms with van der Waals surface area (Å²) in [5.41, 5.74) is 2.03. The average molecular weight is 410 g/mol. The standard InChI is InChI=1S/C18H19BBrClO3/c1-18(2)11-23-19(24-12-18)14-6-7-17(16(21)9-14)22-10-13-4-3-5-15(20)8-13/h3-9H,10-12H2,1-2H3. The van der Waals surface area contributed by atoms with Crippen molar-refractivity contribution < 1.29 is 14.0 Å². The Morgan fingerprint density at radius 3 is 2.58 bits per heavy atom. The summed E-state index contributed by atoms with van der Waals surface area (Å²) in [6.45, 7) is 6.03. The molecule has 6 heteroatoms. The topological polar surface area (TPSA) is 27.7 Å². The zero-order valence-corrected chi connectivity index (χ0v) is 16.1. The van der Waals surface area contributed by atoms with Crippen LogP contribution in [0.4, 0.5) is 0 Å². The SMILES string of the molecule is CC1(C)COB(c2ccc(OCc3cccc(Br)c3)c(Cl)c2)OC1. The Kier molecular flexibility index (Phi) is 5.55. The lowest BCUT2D eigenvalue weighted by atomic mass is 9.76. The molecular weight excluding hydrogens is 390 g/mol. The lowest BCUT2D eigenvalue weighted by molar-refractivity contribution is 0.0343. The Bertz CT molecular complexity index is 713. The molecule has 2 aromatic rings. The maximum Gasteiger partial charge on any atom is 0.493 e. The average Bonchev–Trinajstić information content (AvgIpc) is 2.54. The van der Waals surface area contributed by atoms with Crippen molar-refractivity contribution in [2.45, 2.75) is 20.5 Å². The number of hydrogen-bond acceptors (Lipinski definition) is 3. The summed E-state index contributed by atoms with van der Waals surface area (Å²) >= 11 is 9.81. The van der Waals surface area contributed by atoms with Crippen LogP contribution in [0.3, 0.4) is 0 Å². The van der Waals surface area contributed by atoms with Crippen molar-refractivity contribution in [2.24, 2.45) is 5.41 Å². The molecule has 0 unspecified atom stereocenters. The summed E-state index contributed by atoms with van der Waals surface area (Å²) in [7, 11) is -0.366. The van der Waals surface area contributed by atoms with E-state index in [9.17, 15) is 0 Å². The molecule has 3 rings (SSSR count). The number of hydrogen-bond donors (Lipinski definition) is 0. The largest absolute Gasteiger partial charge is 0.493 e. The van der Waals surface area contributed by atoms with E-state index >= 15 is 0 Å². The van der Waals surface area contributed by atoms with E-state index in [4.69, 9.17) is 25.6 Å². The van der Waals surface area contributed by atoms with Gasteiger partial charge in [0.25, 0.3) is 0 Å². The van der Waals surface area contributed by atoms with Crippen LogP contribution in [-0.4, -0.2) is 20.3 Å².